The van der Waals surface area contributed by atoms with Gasteiger partial charge in [0, 0.05) is 6.07 Å². The average molecular weight is 218 g/mol. The van der Waals surface area contributed by atoms with Gasteiger partial charge in [-0.15, -0.1) is 0 Å². The Kier molecular flexibility index (Phi) is 4.33. The Morgan fingerprint density at radius 2 is 2.12 bits per heavy atom. The molecule has 0 saturated carbocycles. The minimum Gasteiger partial charge on any atom is -0.507 e. The summed E-state index contributed by atoms with van der Waals surface area (Å²) in [6.07, 6.45) is 6.60. The van der Waals surface area contributed by atoms with E-state index in [0.717, 1.165) is 0 Å². The van der Waals surface area contributed by atoms with Crippen LogP contribution in [0.15, 0.2) is 42.5 Å². The van der Waals surface area contributed by atoms with Gasteiger partial charge in [-0.25, -0.2) is 0 Å². The largest absolute Gasteiger partial charge is 0.507 e. The molecule has 1 N–H and O–H groups in total. The number of ketones is 1. The highest BCUT2D eigenvalue weighted by Gasteiger charge is 2.08. The first-order chi connectivity index (χ1) is 7.69. The van der Waals surface area contributed by atoms with Gasteiger partial charge in [0.05, 0.1) is 12.7 Å². The first-order valence-electron chi connectivity index (χ1n) is 4.89. The van der Waals surface area contributed by atoms with Crippen LogP contribution in [-0.4, -0.2) is 18.0 Å². The molecule has 16 heavy (non-hydrogen) atoms. The first-order valence-corrected chi connectivity index (χ1v) is 4.89. The summed E-state index contributed by atoms with van der Waals surface area (Å²) < 4.78 is 4.93. The molecule has 0 heterocycles. The molecule has 0 amide bonds. The average Bonchev–Trinajstić information content (AvgIpc) is 2.29. The number of aromatic hydroxyl groups is 1. The Labute approximate surface area is 94.7 Å². The number of rotatable bonds is 4. The fourth-order valence-corrected chi connectivity index (χ4v) is 1.19. The van der Waals surface area contributed by atoms with Crippen molar-refractivity contribution in [2.24, 2.45) is 0 Å². The van der Waals surface area contributed by atoms with Gasteiger partial charge in [-0.05, 0) is 25.1 Å². The highest BCUT2D eigenvalue weighted by atomic mass is 16.5. The number of phenolic OH excluding ortho intramolecular Hbond substituents is 1. The monoisotopic (exact) mass is 218 g/mol. The predicted octanol–water partition coefficient (Wildman–Crippen LogP) is 2.72. The number of carbonyl (C=O) groups excluding carboxylic acids is 1. The highest BCUT2D eigenvalue weighted by Crippen LogP contribution is 2.23. The molecule has 0 saturated heterocycles. The molecule has 0 unspecified atom stereocenters. The topological polar surface area (TPSA) is 46.5 Å². The summed E-state index contributed by atoms with van der Waals surface area (Å²) in [5.74, 6) is 0.208. The highest BCUT2D eigenvalue weighted by molar-refractivity contribution is 6.06. The number of phenols is 1. The van der Waals surface area contributed by atoms with Crippen molar-refractivity contribution in [2.45, 2.75) is 6.92 Å². The normalized spacial score (nSPS) is 11.1. The quantitative estimate of drug-likeness (QED) is 0.480. The van der Waals surface area contributed by atoms with Gasteiger partial charge in [0.15, 0.2) is 5.78 Å². The van der Waals surface area contributed by atoms with Gasteiger partial charge >= 0.3 is 0 Å². The second-order valence-corrected chi connectivity index (χ2v) is 3.13. The molecule has 0 aliphatic heterocycles. The van der Waals surface area contributed by atoms with Gasteiger partial charge in [-0.2, -0.15) is 0 Å². The first kappa shape index (κ1) is 12.0. The van der Waals surface area contributed by atoms with Crippen LogP contribution in [0.5, 0.6) is 11.5 Å². The number of methoxy groups -OCH3 is 1. The molecule has 0 fully saturated rings. The van der Waals surface area contributed by atoms with E-state index in [2.05, 4.69) is 0 Å². The molecule has 3 heteroatoms. The van der Waals surface area contributed by atoms with Crippen LogP contribution in [0.3, 0.4) is 0 Å². The van der Waals surface area contributed by atoms with Gasteiger partial charge < -0.3 is 9.84 Å². The van der Waals surface area contributed by atoms with E-state index < -0.39 is 0 Å². The zero-order chi connectivity index (χ0) is 12.0. The van der Waals surface area contributed by atoms with Crippen molar-refractivity contribution in [3.05, 3.63) is 48.1 Å². The van der Waals surface area contributed by atoms with Gasteiger partial charge in [-0.1, -0.05) is 18.2 Å². The fraction of sp³-hybridized carbons (Fsp3) is 0.154. The molecule has 0 radical (unpaired) electrons. The Hall–Kier alpha value is -2.03. The third-order valence-corrected chi connectivity index (χ3v) is 2.02. The number of hydrogen-bond donors (Lipinski definition) is 1. The zero-order valence-electron chi connectivity index (χ0n) is 9.31. The lowest BCUT2D eigenvalue weighted by atomic mass is 10.1. The Balaban J connectivity index is 2.92. The molecule has 1 rings (SSSR count). The van der Waals surface area contributed by atoms with E-state index in [9.17, 15) is 9.90 Å². The maximum absolute atomic E-state index is 11.6. The minimum atomic E-state index is -0.238. The second-order valence-electron chi connectivity index (χ2n) is 3.13. The molecule has 0 aliphatic carbocycles. The molecule has 84 valence electrons. The third kappa shape index (κ3) is 2.98. The van der Waals surface area contributed by atoms with Crippen molar-refractivity contribution >= 4 is 5.78 Å². The van der Waals surface area contributed by atoms with Crippen LogP contribution in [0, 0.1) is 0 Å². The van der Waals surface area contributed by atoms with Gasteiger partial charge in [-0.3, -0.25) is 4.79 Å². The molecule has 0 bridgehead atoms. The molecule has 0 aliphatic rings. The molecule has 3 nitrogen and oxygen atoms in total. The van der Waals surface area contributed by atoms with E-state index in [1.807, 2.05) is 13.0 Å². The molecular formula is C13H14O3. The van der Waals surface area contributed by atoms with E-state index in [0.29, 0.717) is 5.75 Å². The van der Waals surface area contributed by atoms with Crippen molar-refractivity contribution in [1.29, 1.82) is 0 Å². The summed E-state index contributed by atoms with van der Waals surface area (Å²) in [6, 6.07) is 4.59. The van der Waals surface area contributed by atoms with Crippen LogP contribution in [0.25, 0.3) is 0 Å². The number of carbonyl (C=O) groups is 1. The Bertz CT molecular complexity index is 431. The zero-order valence-corrected chi connectivity index (χ0v) is 9.31. The maximum Gasteiger partial charge on any atom is 0.189 e. The Morgan fingerprint density at radius 3 is 2.69 bits per heavy atom. The molecule has 0 aromatic heterocycles. The smallest absolute Gasteiger partial charge is 0.189 e. The van der Waals surface area contributed by atoms with E-state index in [1.165, 1.54) is 25.3 Å². The van der Waals surface area contributed by atoms with E-state index in [1.54, 1.807) is 18.2 Å². The van der Waals surface area contributed by atoms with Crippen LogP contribution in [0.1, 0.15) is 17.3 Å². The summed E-state index contributed by atoms with van der Waals surface area (Å²) in [4.78, 5) is 11.6. The second kappa shape index (κ2) is 5.75. The summed E-state index contributed by atoms with van der Waals surface area (Å²) in [7, 11) is 1.50. The summed E-state index contributed by atoms with van der Waals surface area (Å²) >= 11 is 0. The van der Waals surface area contributed by atoms with Gasteiger partial charge in [0.2, 0.25) is 0 Å². The van der Waals surface area contributed by atoms with Crippen LogP contribution < -0.4 is 4.74 Å². The molecule has 1 aromatic rings. The van der Waals surface area contributed by atoms with Crippen LogP contribution in [-0.2, 0) is 0 Å². The van der Waals surface area contributed by atoms with Crippen molar-refractivity contribution in [3.8, 4) is 11.5 Å². The standard InChI is InChI=1S/C13H14O3/c1-3-4-5-6-12(14)11-8-7-10(16-2)9-13(11)15/h3-9,15H,1-2H3/b4-3+,6-5-. The van der Waals surface area contributed by atoms with E-state index in [4.69, 9.17) is 4.74 Å². The summed E-state index contributed by atoms with van der Waals surface area (Å²) in [5.41, 5.74) is 0.265. The maximum atomic E-state index is 11.6. The van der Waals surface area contributed by atoms with E-state index in [-0.39, 0.29) is 17.1 Å². The van der Waals surface area contributed by atoms with Crippen molar-refractivity contribution < 1.29 is 14.6 Å². The summed E-state index contributed by atoms with van der Waals surface area (Å²) in [6.45, 7) is 1.86. The number of hydrogen-bond acceptors (Lipinski definition) is 3. The SMILES string of the molecule is C/C=C/C=C\C(=O)c1ccc(OC)cc1O. The van der Waals surface area contributed by atoms with Gasteiger partial charge in [0.1, 0.15) is 11.5 Å². The Morgan fingerprint density at radius 1 is 1.38 bits per heavy atom. The van der Waals surface area contributed by atoms with Crippen molar-refractivity contribution in [3.63, 3.8) is 0 Å². The lowest BCUT2D eigenvalue weighted by molar-refractivity contribution is 0.104. The van der Waals surface area contributed by atoms with Crippen LogP contribution in [0.2, 0.25) is 0 Å². The molecule has 1 aromatic carbocycles. The predicted molar refractivity (Wildman–Crippen MR) is 62.9 cm³/mol. The number of ether oxygens (including phenoxy) is 1. The lowest BCUT2D eigenvalue weighted by Gasteiger charge is -2.03. The summed E-state index contributed by atoms with van der Waals surface area (Å²) in [5, 5.41) is 9.60. The number of allylic oxidation sites excluding steroid dienone is 4. The van der Waals surface area contributed by atoms with Crippen LogP contribution in [0.4, 0.5) is 0 Å². The number of benzene rings is 1. The van der Waals surface area contributed by atoms with Crippen molar-refractivity contribution in [1.82, 2.24) is 0 Å². The van der Waals surface area contributed by atoms with Crippen LogP contribution >= 0.6 is 0 Å². The van der Waals surface area contributed by atoms with Crippen molar-refractivity contribution in [2.75, 3.05) is 7.11 Å². The molecular weight excluding hydrogens is 204 g/mol. The van der Waals surface area contributed by atoms with Gasteiger partial charge in [0.25, 0.3) is 0 Å². The fourth-order valence-electron chi connectivity index (χ4n) is 1.19. The minimum absolute atomic E-state index is 0.0746. The molecule has 0 atom stereocenters. The third-order valence-electron chi connectivity index (χ3n) is 2.02. The van der Waals surface area contributed by atoms with E-state index >= 15 is 0 Å². The lowest BCUT2D eigenvalue weighted by Crippen LogP contribution is -1.95. The molecule has 0 spiro atoms.